The summed E-state index contributed by atoms with van der Waals surface area (Å²) in [5.41, 5.74) is 4.74. The third-order valence-corrected chi connectivity index (χ3v) is 4.11. The van der Waals surface area contributed by atoms with Crippen molar-refractivity contribution in [3.05, 3.63) is 53.9 Å². The molecule has 3 nitrogen and oxygen atoms in total. The predicted molar refractivity (Wildman–Crippen MR) is 85.6 cm³/mol. The van der Waals surface area contributed by atoms with E-state index in [-0.39, 0.29) is 0 Å². The number of fused-ring (bicyclic) bond motifs is 1. The van der Waals surface area contributed by atoms with E-state index in [0.717, 1.165) is 34.9 Å². The zero-order chi connectivity index (χ0) is 14.8. The first-order chi connectivity index (χ1) is 10.2. The average molecular weight is 278 g/mol. The van der Waals surface area contributed by atoms with Crippen LogP contribution in [0.1, 0.15) is 42.1 Å². The van der Waals surface area contributed by atoms with Gasteiger partial charge in [0.15, 0.2) is 6.29 Å². The van der Waals surface area contributed by atoms with Gasteiger partial charge < -0.3 is 4.98 Å². The van der Waals surface area contributed by atoms with E-state index in [9.17, 15) is 4.79 Å². The molecular formula is C18H18N2O. The van der Waals surface area contributed by atoms with Crippen LogP contribution in [-0.2, 0) is 0 Å². The van der Waals surface area contributed by atoms with Crippen LogP contribution in [0.5, 0.6) is 0 Å². The Morgan fingerprint density at radius 3 is 2.86 bits per heavy atom. The molecule has 0 aliphatic rings. The molecule has 0 amide bonds. The largest absolute Gasteiger partial charge is 0.354 e. The molecule has 0 aliphatic carbocycles. The number of aldehydes is 1. The van der Waals surface area contributed by atoms with Gasteiger partial charge in [-0.05, 0) is 42.2 Å². The lowest BCUT2D eigenvalue weighted by molar-refractivity contribution is 0.112. The standard InChI is InChI=1S/C18H18N2O/c1-3-12(2)13-6-7-17-15(9-13)16(11-21)18(20-17)14-5-4-8-19-10-14/h4-12,20H,3H2,1-2H3. The van der Waals surface area contributed by atoms with Gasteiger partial charge in [0, 0.05) is 34.4 Å². The molecule has 1 aromatic carbocycles. The Morgan fingerprint density at radius 1 is 1.33 bits per heavy atom. The Kier molecular flexibility index (Phi) is 3.57. The van der Waals surface area contributed by atoms with E-state index in [4.69, 9.17) is 0 Å². The molecule has 3 aromatic rings. The van der Waals surface area contributed by atoms with Crippen molar-refractivity contribution in [2.75, 3.05) is 0 Å². The number of aromatic amines is 1. The van der Waals surface area contributed by atoms with Crippen LogP contribution in [0.15, 0.2) is 42.7 Å². The van der Waals surface area contributed by atoms with Gasteiger partial charge >= 0.3 is 0 Å². The maximum absolute atomic E-state index is 11.6. The highest BCUT2D eigenvalue weighted by molar-refractivity contribution is 6.04. The summed E-state index contributed by atoms with van der Waals surface area (Å²) in [4.78, 5) is 19.1. The molecule has 21 heavy (non-hydrogen) atoms. The van der Waals surface area contributed by atoms with Crippen molar-refractivity contribution in [1.82, 2.24) is 9.97 Å². The minimum absolute atomic E-state index is 0.491. The van der Waals surface area contributed by atoms with Gasteiger partial charge in [0.05, 0.1) is 5.69 Å². The number of hydrogen-bond donors (Lipinski definition) is 1. The van der Waals surface area contributed by atoms with Crippen LogP contribution in [-0.4, -0.2) is 16.3 Å². The number of H-pyrrole nitrogens is 1. The summed E-state index contributed by atoms with van der Waals surface area (Å²) in [7, 11) is 0. The SMILES string of the molecule is CCC(C)c1ccc2[nH]c(-c3cccnc3)c(C=O)c2c1. The van der Waals surface area contributed by atoms with Gasteiger partial charge in [0.2, 0.25) is 0 Å². The predicted octanol–water partition coefficient (Wildman–Crippen LogP) is 4.56. The van der Waals surface area contributed by atoms with Gasteiger partial charge in [-0.1, -0.05) is 19.9 Å². The van der Waals surface area contributed by atoms with Crippen LogP contribution in [0, 0.1) is 0 Å². The third-order valence-electron chi connectivity index (χ3n) is 4.11. The first-order valence-electron chi connectivity index (χ1n) is 7.25. The van der Waals surface area contributed by atoms with Gasteiger partial charge in [-0.25, -0.2) is 0 Å². The van der Waals surface area contributed by atoms with Gasteiger partial charge in [-0.15, -0.1) is 0 Å². The molecule has 3 heteroatoms. The van der Waals surface area contributed by atoms with Gasteiger partial charge in [-0.2, -0.15) is 0 Å². The van der Waals surface area contributed by atoms with Crippen molar-refractivity contribution >= 4 is 17.2 Å². The lowest BCUT2D eigenvalue weighted by Gasteiger charge is -2.08. The fraction of sp³-hybridized carbons (Fsp3) is 0.222. The topological polar surface area (TPSA) is 45.8 Å². The average Bonchev–Trinajstić information content (AvgIpc) is 2.92. The van der Waals surface area contributed by atoms with Crippen LogP contribution in [0.4, 0.5) is 0 Å². The number of carbonyl (C=O) groups is 1. The highest BCUT2D eigenvalue weighted by atomic mass is 16.1. The van der Waals surface area contributed by atoms with Crippen LogP contribution < -0.4 is 0 Å². The Hall–Kier alpha value is -2.42. The van der Waals surface area contributed by atoms with E-state index in [0.29, 0.717) is 11.5 Å². The van der Waals surface area contributed by atoms with Gasteiger partial charge in [0.1, 0.15) is 0 Å². The summed E-state index contributed by atoms with van der Waals surface area (Å²) in [6.07, 6.45) is 5.52. The molecule has 0 radical (unpaired) electrons. The van der Waals surface area contributed by atoms with Crippen LogP contribution in [0.2, 0.25) is 0 Å². The highest BCUT2D eigenvalue weighted by Crippen LogP contribution is 2.31. The molecule has 0 aliphatic heterocycles. The van der Waals surface area contributed by atoms with Crippen molar-refractivity contribution in [2.24, 2.45) is 0 Å². The highest BCUT2D eigenvalue weighted by Gasteiger charge is 2.14. The number of rotatable bonds is 4. The van der Waals surface area contributed by atoms with E-state index in [1.807, 2.05) is 12.1 Å². The van der Waals surface area contributed by atoms with Crippen molar-refractivity contribution < 1.29 is 4.79 Å². The van der Waals surface area contributed by atoms with E-state index in [1.54, 1.807) is 12.4 Å². The number of hydrogen-bond acceptors (Lipinski definition) is 2. The fourth-order valence-electron chi connectivity index (χ4n) is 2.63. The van der Waals surface area contributed by atoms with Crippen molar-refractivity contribution in [3.63, 3.8) is 0 Å². The lowest BCUT2D eigenvalue weighted by Crippen LogP contribution is -1.91. The summed E-state index contributed by atoms with van der Waals surface area (Å²) >= 11 is 0. The van der Waals surface area contributed by atoms with Gasteiger partial charge in [-0.3, -0.25) is 9.78 Å². The molecule has 1 atom stereocenters. The third kappa shape index (κ3) is 2.35. The van der Waals surface area contributed by atoms with Crippen molar-refractivity contribution in [3.8, 4) is 11.3 Å². The second-order valence-corrected chi connectivity index (χ2v) is 5.39. The number of nitrogens with zero attached hydrogens (tertiary/aromatic N) is 1. The molecule has 0 bridgehead atoms. The first-order valence-corrected chi connectivity index (χ1v) is 7.25. The summed E-state index contributed by atoms with van der Waals surface area (Å²) in [5.74, 6) is 0.491. The van der Waals surface area contributed by atoms with Crippen LogP contribution >= 0.6 is 0 Å². The minimum Gasteiger partial charge on any atom is -0.354 e. The Morgan fingerprint density at radius 2 is 2.19 bits per heavy atom. The summed E-state index contributed by atoms with van der Waals surface area (Å²) in [6.45, 7) is 4.38. The second kappa shape index (κ2) is 5.52. The van der Waals surface area contributed by atoms with Crippen LogP contribution in [0.3, 0.4) is 0 Å². The molecule has 2 heterocycles. The second-order valence-electron chi connectivity index (χ2n) is 5.39. The van der Waals surface area contributed by atoms with Crippen molar-refractivity contribution in [1.29, 1.82) is 0 Å². The maximum atomic E-state index is 11.6. The molecule has 1 unspecified atom stereocenters. The molecule has 2 aromatic heterocycles. The first kappa shape index (κ1) is 13.6. The van der Waals surface area contributed by atoms with Crippen molar-refractivity contribution in [2.45, 2.75) is 26.2 Å². The smallest absolute Gasteiger partial charge is 0.152 e. The fourth-order valence-corrected chi connectivity index (χ4v) is 2.63. The number of carbonyl (C=O) groups excluding carboxylic acids is 1. The molecule has 0 saturated carbocycles. The summed E-state index contributed by atoms with van der Waals surface area (Å²) < 4.78 is 0. The molecular weight excluding hydrogens is 260 g/mol. The molecule has 0 fully saturated rings. The minimum atomic E-state index is 0.491. The van der Waals surface area contributed by atoms with E-state index in [1.165, 1.54) is 5.56 Å². The summed E-state index contributed by atoms with van der Waals surface area (Å²) in [6, 6.07) is 10.2. The van der Waals surface area contributed by atoms with Gasteiger partial charge in [0.25, 0.3) is 0 Å². The van der Waals surface area contributed by atoms with Crippen LogP contribution in [0.25, 0.3) is 22.2 Å². The Balaban J connectivity index is 2.22. The quantitative estimate of drug-likeness (QED) is 0.711. The normalized spacial score (nSPS) is 12.5. The zero-order valence-electron chi connectivity index (χ0n) is 12.3. The molecule has 106 valence electrons. The monoisotopic (exact) mass is 278 g/mol. The lowest BCUT2D eigenvalue weighted by atomic mass is 9.96. The van der Waals surface area contributed by atoms with E-state index in [2.05, 4.69) is 42.0 Å². The zero-order valence-corrected chi connectivity index (χ0v) is 12.3. The number of aromatic nitrogens is 2. The molecule has 3 rings (SSSR count). The van der Waals surface area contributed by atoms with E-state index < -0.39 is 0 Å². The molecule has 0 saturated heterocycles. The number of nitrogens with one attached hydrogen (secondary N) is 1. The van der Waals surface area contributed by atoms with E-state index >= 15 is 0 Å². The maximum Gasteiger partial charge on any atom is 0.152 e. The summed E-state index contributed by atoms with van der Waals surface area (Å²) in [5, 5.41) is 0.988. The number of benzene rings is 1. The number of pyridine rings is 1. The Labute approximate surface area is 124 Å². The Bertz CT molecular complexity index is 775. The molecule has 0 spiro atoms. The molecule has 1 N–H and O–H groups in total.